The lowest BCUT2D eigenvalue weighted by molar-refractivity contribution is -0.385. The lowest BCUT2D eigenvalue weighted by Crippen LogP contribution is -2.09. The zero-order chi connectivity index (χ0) is 24.9. The fraction of sp³-hybridized carbons (Fsp3) is 0.130. The van der Waals surface area contributed by atoms with E-state index in [-0.39, 0.29) is 35.0 Å². The van der Waals surface area contributed by atoms with Gasteiger partial charge in [-0.15, -0.1) is 0 Å². The summed E-state index contributed by atoms with van der Waals surface area (Å²) in [5.74, 6) is -0.00286. The van der Waals surface area contributed by atoms with E-state index in [0.717, 1.165) is 5.56 Å². The van der Waals surface area contributed by atoms with Crippen molar-refractivity contribution in [1.82, 2.24) is 0 Å². The zero-order valence-electron chi connectivity index (χ0n) is 18.0. The number of nitro benzene ring substituents is 2. The minimum absolute atomic E-state index is 0.00286. The number of nitro groups is 2. The van der Waals surface area contributed by atoms with Gasteiger partial charge in [-0.2, -0.15) is 8.42 Å². The highest BCUT2D eigenvalue weighted by Crippen LogP contribution is 2.29. The molecule has 10 nitrogen and oxygen atoms in total. The van der Waals surface area contributed by atoms with Gasteiger partial charge < -0.3 is 4.74 Å². The molecule has 0 aliphatic heterocycles. The summed E-state index contributed by atoms with van der Waals surface area (Å²) < 4.78 is 38.3. The van der Waals surface area contributed by atoms with Gasteiger partial charge in [-0.25, -0.2) is 0 Å². The maximum atomic E-state index is 11.6. The molecule has 0 saturated heterocycles. The van der Waals surface area contributed by atoms with E-state index in [9.17, 15) is 33.2 Å². The van der Waals surface area contributed by atoms with Gasteiger partial charge >= 0.3 is 5.69 Å². The third-order valence-electron chi connectivity index (χ3n) is 4.88. The first-order chi connectivity index (χ1) is 16.0. The second-order valence-electron chi connectivity index (χ2n) is 7.35. The molecular weight excluding hydrogens is 464 g/mol. The number of hydrogen-bond donors (Lipinski definition) is 1. The molecule has 0 amide bonds. The van der Waals surface area contributed by atoms with Crippen LogP contribution in [0.5, 0.6) is 5.75 Å². The lowest BCUT2D eigenvalue weighted by Gasteiger charge is -2.11. The van der Waals surface area contributed by atoms with E-state index in [1.165, 1.54) is 36.4 Å². The van der Waals surface area contributed by atoms with Crippen LogP contribution in [-0.4, -0.2) is 29.4 Å². The van der Waals surface area contributed by atoms with Crippen molar-refractivity contribution in [2.75, 3.05) is 6.61 Å². The van der Waals surface area contributed by atoms with Gasteiger partial charge in [0.05, 0.1) is 21.3 Å². The van der Waals surface area contributed by atoms with E-state index in [1.807, 2.05) is 0 Å². The molecule has 3 aromatic carbocycles. The first-order valence-corrected chi connectivity index (χ1v) is 11.4. The fourth-order valence-corrected chi connectivity index (χ4v) is 3.96. The first kappa shape index (κ1) is 24.6. The number of hydrogen-bond acceptors (Lipinski definition) is 7. The Morgan fingerprint density at radius 1 is 0.912 bits per heavy atom. The minimum Gasteiger partial charge on any atom is -0.486 e. The van der Waals surface area contributed by atoms with Gasteiger partial charge in [0.2, 0.25) is 0 Å². The van der Waals surface area contributed by atoms with Crippen LogP contribution in [0.2, 0.25) is 0 Å². The molecule has 0 radical (unpaired) electrons. The van der Waals surface area contributed by atoms with Crippen LogP contribution < -0.4 is 4.74 Å². The molecule has 1 N–H and O–H groups in total. The summed E-state index contributed by atoms with van der Waals surface area (Å²) in [5.41, 5.74) is 2.11. The SMILES string of the molecule is Cc1ccc(S(=O)(=O)O)c(CCOc2cc(C=Cc3ccc([N+](=O)[O-])cc3)ccc2[N+](=O)[O-])c1. The summed E-state index contributed by atoms with van der Waals surface area (Å²) in [6, 6.07) is 14.6. The molecule has 0 fully saturated rings. The highest BCUT2D eigenvalue weighted by molar-refractivity contribution is 7.85. The van der Waals surface area contributed by atoms with Crippen molar-refractivity contribution < 1.29 is 27.6 Å². The molecule has 34 heavy (non-hydrogen) atoms. The summed E-state index contributed by atoms with van der Waals surface area (Å²) in [6.07, 6.45) is 3.46. The largest absolute Gasteiger partial charge is 0.486 e. The third-order valence-corrected chi connectivity index (χ3v) is 5.83. The quantitative estimate of drug-likeness (QED) is 0.196. The molecule has 3 aromatic rings. The Kier molecular flexibility index (Phi) is 7.39. The molecule has 0 heterocycles. The number of non-ortho nitro benzene ring substituents is 1. The number of benzene rings is 3. The van der Waals surface area contributed by atoms with E-state index in [2.05, 4.69) is 0 Å². The van der Waals surface area contributed by atoms with Crippen LogP contribution in [0.3, 0.4) is 0 Å². The van der Waals surface area contributed by atoms with Crippen molar-refractivity contribution in [3.8, 4) is 5.75 Å². The molecule has 0 aromatic heterocycles. The van der Waals surface area contributed by atoms with Gasteiger partial charge in [-0.1, -0.05) is 29.8 Å². The summed E-state index contributed by atoms with van der Waals surface area (Å²) in [7, 11) is -4.43. The van der Waals surface area contributed by atoms with Crippen LogP contribution in [0, 0.1) is 27.2 Å². The van der Waals surface area contributed by atoms with Crippen LogP contribution in [0.15, 0.2) is 65.6 Å². The highest BCUT2D eigenvalue weighted by atomic mass is 32.2. The predicted molar refractivity (Wildman–Crippen MR) is 125 cm³/mol. The van der Waals surface area contributed by atoms with E-state index in [4.69, 9.17) is 4.74 Å². The molecule has 0 aliphatic carbocycles. The summed E-state index contributed by atoms with van der Waals surface area (Å²) in [5, 5.41) is 22.2. The maximum Gasteiger partial charge on any atom is 0.310 e. The molecule has 3 rings (SSSR count). The molecule has 0 atom stereocenters. The van der Waals surface area contributed by atoms with E-state index >= 15 is 0 Å². The molecule has 0 aliphatic rings. The Labute approximate surface area is 195 Å². The Balaban J connectivity index is 1.79. The summed E-state index contributed by atoms with van der Waals surface area (Å²) in [6.45, 7) is 1.70. The topological polar surface area (TPSA) is 150 Å². The molecule has 0 saturated carbocycles. The van der Waals surface area contributed by atoms with Gasteiger partial charge in [0.25, 0.3) is 15.8 Å². The normalized spacial score (nSPS) is 11.5. The molecular formula is C23H20N2O8S. The Hall–Kier alpha value is -4.09. The number of rotatable bonds is 9. The van der Waals surface area contributed by atoms with Crippen LogP contribution in [-0.2, 0) is 16.5 Å². The van der Waals surface area contributed by atoms with Crippen molar-refractivity contribution in [3.05, 3.63) is 103 Å². The van der Waals surface area contributed by atoms with E-state index in [0.29, 0.717) is 16.7 Å². The fourth-order valence-electron chi connectivity index (χ4n) is 3.23. The molecule has 0 spiro atoms. The Bertz CT molecular complexity index is 1370. The number of nitrogens with zero attached hydrogens (tertiary/aromatic N) is 2. The van der Waals surface area contributed by atoms with Gasteiger partial charge in [0.15, 0.2) is 5.75 Å². The summed E-state index contributed by atoms with van der Waals surface area (Å²) >= 11 is 0. The Morgan fingerprint density at radius 2 is 1.56 bits per heavy atom. The van der Waals surface area contributed by atoms with Gasteiger partial charge in [-0.05, 0) is 53.9 Å². The molecule has 11 heteroatoms. The van der Waals surface area contributed by atoms with E-state index in [1.54, 1.807) is 43.3 Å². The second kappa shape index (κ2) is 10.2. The molecule has 176 valence electrons. The van der Waals surface area contributed by atoms with Gasteiger partial charge in [0, 0.05) is 24.6 Å². The van der Waals surface area contributed by atoms with Crippen molar-refractivity contribution in [1.29, 1.82) is 0 Å². The number of aryl methyl sites for hydroxylation is 1. The van der Waals surface area contributed by atoms with E-state index < -0.39 is 20.0 Å². The van der Waals surface area contributed by atoms with Crippen molar-refractivity contribution in [2.24, 2.45) is 0 Å². The average molecular weight is 484 g/mol. The highest BCUT2D eigenvalue weighted by Gasteiger charge is 2.18. The van der Waals surface area contributed by atoms with Crippen molar-refractivity contribution in [3.63, 3.8) is 0 Å². The number of ether oxygens (including phenoxy) is 1. The van der Waals surface area contributed by atoms with Crippen molar-refractivity contribution >= 4 is 33.6 Å². The Morgan fingerprint density at radius 3 is 2.18 bits per heavy atom. The standard InChI is InChI=1S/C23H20N2O8S/c1-16-2-11-23(34(30,31)32)19(14-16)12-13-33-22-15-18(7-10-21(22)25(28)29)4-3-17-5-8-20(9-6-17)24(26)27/h2-11,14-15H,12-13H2,1H3,(H,30,31,32). The smallest absolute Gasteiger partial charge is 0.310 e. The molecule has 0 unspecified atom stereocenters. The molecule has 0 bridgehead atoms. The maximum absolute atomic E-state index is 11.6. The van der Waals surface area contributed by atoms with Crippen LogP contribution in [0.25, 0.3) is 12.2 Å². The van der Waals surface area contributed by atoms with Gasteiger partial charge in [0.1, 0.15) is 0 Å². The average Bonchev–Trinajstić information content (AvgIpc) is 2.77. The van der Waals surface area contributed by atoms with Crippen LogP contribution >= 0.6 is 0 Å². The first-order valence-electron chi connectivity index (χ1n) is 9.95. The van der Waals surface area contributed by atoms with Gasteiger partial charge in [-0.3, -0.25) is 24.8 Å². The lowest BCUT2D eigenvalue weighted by atomic mass is 10.1. The monoisotopic (exact) mass is 484 g/mol. The second-order valence-corrected chi connectivity index (χ2v) is 8.74. The third kappa shape index (κ3) is 6.24. The van der Waals surface area contributed by atoms with Crippen LogP contribution in [0.1, 0.15) is 22.3 Å². The summed E-state index contributed by atoms with van der Waals surface area (Å²) in [4.78, 5) is 20.8. The van der Waals surface area contributed by atoms with Crippen molar-refractivity contribution in [2.45, 2.75) is 18.2 Å². The van der Waals surface area contributed by atoms with Crippen LogP contribution in [0.4, 0.5) is 11.4 Å². The minimum atomic E-state index is -4.43. The predicted octanol–water partition coefficient (Wildman–Crippen LogP) is 4.85. The zero-order valence-corrected chi connectivity index (χ0v) is 18.8.